The van der Waals surface area contributed by atoms with E-state index < -0.39 is 16.1 Å². The molecule has 0 heterocycles. The number of aryl methyl sites for hydroxylation is 1. The van der Waals surface area contributed by atoms with E-state index in [4.69, 9.17) is 4.74 Å². The van der Waals surface area contributed by atoms with Crippen LogP contribution in [0.3, 0.4) is 0 Å². The Balaban J connectivity index is 1.74. The van der Waals surface area contributed by atoms with Gasteiger partial charge in [-0.25, -0.2) is 8.42 Å². The van der Waals surface area contributed by atoms with Crippen molar-refractivity contribution in [3.63, 3.8) is 0 Å². The zero-order valence-electron chi connectivity index (χ0n) is 23.7. The van der Waals surface area contributed by atoms with Crippen LogP contribution in [-0.2, 0) is 26.2 Å². The Bertz CT molecular complexity index is 1180. The van der Waals surface area contributed by atoms with Crippen LogP contribution in [0.4, 0.5) is 5.69 Å². The summed E-state index contributed by atoms with van der Waals surface area (Å²) in [5, 5.41) is 3.19. The van der Waals surface area contributed by atoms with Crippen molar-refractivity contribution in [2.45, 2.75) is 83.8 Å². The molecule has 1 N–H and O–H groups in total. The Kier molecular flexibility index (Phi) is 11.2. The minimum Gasteiger partial charge on any atom is -0.497 e. The minimum absolute atomic E-state index is 0.110. The summed E-state index contributed by atoms with van der Waals surface area (Å²) < 4.78 is 31.6. The van der Waals surface area contributed by atoms with E-state index in [0.717, 1.165) is 43.1 Å². The first kappa shape index (κ1) is 30.5. The Morgan fingerprint density at radius 3 is 2.23 bits per heavy atom. The average Bonchev–Trinajstić information content (AvgIpc) is 2.92. The highest BCUT2D eigenvalue weighted by Gasteiger charge is 2.30. The van der Waals surface area contributed by atoms with Crippen molar-refractivity contribution in [3.8, 4) is 5.75 Å². The fraction of sp³-hybridized carbons (Fsp3) is 0.533. The molecule has 0 radical (unpaired) electrons. The number of sulfonamides is 1. The maximum absolute atomic E-state index is 13.6. The van der Waals surface area contributed by atoms with Crippen LogP contribution in [0.2, 0.25) is 0 Å². The fourth-order valence-corrected chi connectivity index (χ4v) is 6.07. The molecule has 39 heavy (non-hydrogen) atoms. The molecule has 2 aromatic rings. The van der Waals surface area contributed by atoms with Crippen LogP contribution in [0.5, 0.6) is 5.75 Å². The van der Waals surface area contributed by atoms with Crippen molar-refractivity contribution < 1.29 is 22.7 Å². The molecule has 1 aliphatic rings. The maximum Gasteiger partial charge on any atom is 0.243 e. The number of methoxy groups -OCH3 is 1. The van der Waals surface area contributed by atoms with E-state index in [2.05, 4.69) is 5.32 Å². The fourth-order valence-electron chi connectivity index (χ4n) is 5.11. The van der Waals surface area contributed by atoms with E-state index >= 15 is 0 Å². The van der Waals surface area contributed by atoms with Crippen molar-refractivity contribution in [2.24, 2.45) is 0 Å². The van der Waals surface area contributed by atoms with Crippen molar-refractivity contribution in [3.05, 3.63) is 59.7 Å². The second kappa shape index (κ2) is 14.4. The minimum atomic E-state index is -3.56. The van der Waals surface area contributed by atoms with Gasteiger partial charge in [0.1, 0.15) is 11.8 Å². The molecule has 1 atom stereocenters. The van der Waals surface area contributed by atoms with Crippen LogP contribution in [0.1, 0.15) is 69.4 Å². The molecule has 8 nitrogen and oxygen atoms in total. The van der Waals surface area contributed by atoms with Gasteiger partial charge in [0.05, 0.1) is 19.1 Å². The van der Waals surface area contributed by atoms with Gasteiger partial charge in [-0.15, -0.1) is 0 Å². The molecule has 1 saturated carbocycles. The molecule has 0 saturated heterocycles. The molecule has 3 rings (SSSR count). The van der Waals surface area contributed by atoms with Gasteiger partial charge in [-0.3, -0.25) is 13.9 Å². The number of nitrogens with one attached hydrogen (secondary N) is 1. The van der Waals surface area contributed by atoms with Gasteiger partial charge in [-0.1, -0.05) is 56.0 Å². The molecule has 0 unspecified atom stereocenters. The molecule has 0 aliphatic heterocycles. The third-order valence-corrected chi connectivity index (χ3v) is 8.52. The Morgan fingerprint density at radius 1 is 1.03 bits per heavy atom. The van der Waals surface area contributed by atoms with E-state index in [1.807, 2.05) is 38.1 Å². The maximum atomic E-state index is 13.6. The number of hydrogen-bond acceptors (Lipinski definition) is 5. The second-order valence-electron chi connectivity index (χ2n) is 10.4. The Labute approximate surface area is 233 Å². The number of benzene rings is 2. The highest BCUT2D eigenvalue weighted by molar-refractivity contribution is 7.92. The molecule has 0 spiro atoms. The van der Waals surface area contributed by atoms with Crippen LogP contribution in [0, 0.1) is 6.92 Å². The first-order valence-electron chi connectivity index (χ1n) is 13.9. The summed E-state index contributed by atoms with van der Waals surface area (Å²) >= 11 is 0. The lowest BCUT2D eigenvalue weighted by Crippen LogP contribution is -2.51. The van der Waals surface area contributed by atoms with Gasteiger partial charge in [0.25, 0.3) is 0 Å². The molecule has 1 fully saturated rings. The number of rotatable bonds is 13. The van der Waals surface area contributed by atoms with E-state index in [-0.39, 0.29) is 30.8 Å². The van der Waals surface area contributed by atoms with E-state index in [9.17, 15) is 18.0 Å². The lowest BCUT2D eigenvalue weighted by molar-refractivity contribution is -0.141. The van der Waals surface area contributed by atoms with Crippen LogP contribution in [0.15, 0.2) is 48.5 Å². The highest BCUT2D eigenvalue weighted by Crippen LogP contribution is 2.23. The number of anilines is 1. The van der Waals surface area contributed by atoms with Crippen molar-refractivity contribution in [2.75, 3.05) is 24.2 Å². The highest BCUT2D eigenvalue weighted by atomic mass is 32.2. The number of hydrogen-bond donors (Lipinski definition) is 1. The Morgan fingerprint density at radius 2 is 1.67 bits per heavy atom. The lowest BCUT2D eigenvalue weighted by Gasteiger charge is -2.33. The smallest absolute Gasteiger partial charge is 0.243 e. The Hall–Kier alpha value is -3.07. The van der Waals surface area contributed by atoms with E-state index in [0.29, 0.717) is 30.8 Å². The molecule has 1 aliphatic carbocycles. The lowest BCUT2D eigenvalue weighted by atomic mass is 9.95. The molecule has 2 amide bonds. The summed E-state index contributed by atoms with van der Waals surface area (Å²) in [7, 11) is -2.00. The number of nitrogens with zero attached hydrogens (tertiary/aromatic N) is 2. The summed E-state index contributed by atoms with van der Waals surface area (Å²) in [4.78, 5) is 28.7. The molecule has 0 aromatic heterocycles. The first-order valence-corrected chi connectivity index (χ1v) is 15.7. The van der Waals surface area contributed by atoms with Gasteiger partial charge >= 0.3 is 0 Å². The van der Waals surface area contributed by atoms with Gasteiger partial charge in [0.15, 0.2) is 0 Å². The van der Waals surface area contributed by atoms with Crippen LogP contribution in [0.25, 0.3) is 0 Å². The molecule has 214 valence electrons. The van der Waals surface area contributed by atoms with Crippen molar-refractivity contribution >= 4 is 27.5 Å². The molecular weight excluding hydrogens is 514 g/mol. The summed E-state index contributed by atoms with van der Waals surface area (Å²) in [5.74, 6) is 0.358. The summed E-state index contributed by atoms with van der Waals surface area (Å²) in [6.07, 6.45) is 7.47. The third kappa shape index (κ3) is 8.98. The largest absolute Gasteiger partial charge is 0.497 e. The topological polar surface area (TPSA) is 96.0 Å². The third-order valence-electron chi connectivity index (χ3n) is 7.32. The normalized spacial score (nSPS) is 14.9. The summed E-state index contributed by atoms with van der Waals surface area (Å²) in [5.41, 5.74) is 2.59. The van der Waals surface area contributed by atoms with Crippen LogP contribution < -0.4 is 14.4 Å². The van der Waals surface area contributed by atoms with Gasteiger partial charge in [0, 0.05) is 25.6 Å². The number of ether oxygens (including phenoxy) is 1. The monoisotopic (exact) mass is 557 g/mol. The number of carbonyl (C=O) groups excluding carboxylic acids is 2. The average molecular weight is 558 g/mol. The zero-order valence-corrected chi connectivity index (χ0v) is 24.5. The predicted molar refractivity (Wildman–Crippen MR) is 155 cm³/mol. The van der Waals surface area contributed by atoms with Gasteiger partial charge in [-0.2, -0.15) is 0 Å². The van der Waals surface area contributed by atoms with Gasteiger partial charge in [0.2, 0.25) is 21.8 Å². The van der Waals surface area contributed by atoms with Crippen LogP contribution in [-0.4, -0.2) is 57.1 Å². The predicted octanol–water partition coefficient (Wildman–Crippen LogP) is 4.81. The second-order valence-corrected chi connectivity index (χ2v) is 12.3. The zero-order chi connectivity index (χ0) is 28.4. The SMILES string of the molecule is CC[C@H](C(=O)NC1CCCCC1)N(Cc1ccc(C)cc1)C(=O)CCCN(c1ccc(OC)cc1)S(C)(=O)=O. The quantitative estimate of drug-likeness (QED) is 0.382. The van der Waals surface area contributed by atoms with E-state index in [1.165, 1.54) is 10.7 Å². The first-order chi connectivity index (χ1) is 18.6. The van der Waals surface area contributed by atoms with E-state index in [1.54, 1.807) is 36.3 Å². The van der Waals surface area contributed by atoms with Crippen LogP contribution >= 0.6 is 0 Å². The molecule has 9 heteroatoms. The summed E-state index contributed by atoms with van der Waals surface area (Å²) in [6, 6.07) is 14.3. The van der Waals surface area contributed by atoms with Gasteiger partial charge < -0.3 is 15.0 Å². The van der Waals surface area contributed by atoms with Crippen molar-refractivity contribution in [1.29, 1.82) is 0 Å². The molecule has 0 bridgehead atoms. The molecular formula is C30H43N3O5S. The van der Waals surface area contributed by atoms with Crippen molar-refractivity contribution in [1.82, 2.24) is 10.2 Å². The number of amides is 2. The van der Waals surface area contributed by atoms with Gasteiger partial charge in [-0.05, 0) is 62.4 Å². The molecule has 2 aromatic carbocycles. The summed E-state index contributed by atoms with van der Waals surface area (Å²) in [6.45, 7) is 4.41. The number of carbonyl (C=O) groups is 2. The standard InChI is InChI=1S/C30H43N3O5S/c1-5-28(30(35)31-25-10-7-6-8-11-25)32(22-24-15-13-23(2)14-16-24)29(34)12-9-21-33(39(4,36)37)26-17-19-27(38-3)20-18-26/h13-20,25,28H,5-12,21-22H2,1-4H3,(H,31,35)/t28-/m1/s1.